The maximum Gasteiger partial charge on any atom is 0.328 e. The second kappa shape index (κ2) is 7.07. The number of carboxylic acid groups (broad SMARTS) is 1. The normalized spacial score (nSPS) is 11.5. The first-order chi connectivity index (χ1) is 9.69. The highest BCUT2D eigenvalue weighted by atomic mass is 32.1. The van der Waals surface area contributed by atoms with E-state index in [1.54, 1.807) is 23.7 Å². The number of rotatable bonds is 7. The number of hydrogen-bond acceptors (Lipinski definition) is 4. The van der Waals surface area contributed by atoms with E-state index < -0.39 is 5.97 Å². The van der Waals surface area contributed by atoms with Crippen molar-refractivity contribution >= 4 is 23.4 Å². The van der Waals surface area contributed by atoms with Gasteiger partial charge in [0.2, 0.25) is 0 Å². The summed E-state index contributed by atoms with van der Waals surface area (Å²) < 4.78 is 5.36. The number of carboxylic acids is 1. The van der Waals surface area contributed by atoms with Crippen LogP contribution in [0.25, 0.3) is 6.08 Å². The molecule has 2 rings (SSSR count). The van der Waals surface area contributed by atoms with E-state index in [0.717, 1.165) is 35.8 Å². The van der Waals surface area contributed by atoms with Crippen molar-refractivity contribution in [3.63, 3.8) is 0 Å². The lowest BCUT2D eigenvalue weighted by atomic mass is 10.2. The average molecular weight is 291 g/mol. The molecule has 0 fully saturated rings. The van der Waals surface area contributed by atoms with Crippen LogP contribution in [0.4, 0.5) is 0 Å². The zero-order chi connectivity index (χ0) is 14.4. The molecule has 2 aromatic rings. The Morgan fingerprint density at radius 1 is 1.45 bits per heavy atom. The van der Waals surface area contributed by atoms with Crippen LogP contribution in [0.2, 0.25) is 0 Å². The van der Waals surface area contributed by atoms with E-state index in [1.807, 2.05) is 23.6 Å². The Hall–Kier alpha value is -1.85. The van der Waals surface area contributed by atoms with Crippen LogP contribution in [0, 0.1) is 0 Å². The summed E-state index contributed by atoms with van der Waals surface area (Å²) in [6, 6.07) is 5.79. The SMILES string of the molecule is CCN(Cc1ccco1)Cc1sccc1C=CC(=O)O. The maximum absolute atomic E-state index is 10.6. The van der Waals surface area contributed by atoms with Crippen LogP contribution >= 0.6 is 11.3 Å². The first-order valence-corrected chi connectivity index (χ1v) is 7.29. The molecule has 0 spiro atoms. The van der Waals surface area contributed by atoms with E-state index in [-0.39, 0.29) is 0 Å². The monoisotopic (exact) mass is 291 g/mol. The summed E-state index contributed by atoms with van der Waals surface area (Å²) in [5.41, 5.74) is 0.968. The highest BCUT2D eigenvalue weighted by Gasteiger charge is 2.10. The first kappa shape index (κ1) is 14.6. The molecule has 0 saturated carbocycles. The predicted octanol–water partition coefficient (Wildman–Crippen LogP) is 3.46. The lowest BCUT2D eigenvalue weighted by Crippen LogP contribution is -2.21. The van der Waals surface area contributed by atoms with E-state index in [0.29, 0.717) is 0 Å². The maximum atomic E-state index is 10.6. The van der Waals surface area contributed by atoms with Gasteiger partial charge >= 0.3 is 5.97 Å². The molecular weight excluding hydrogens is 274 g/mol. The number of carbonyl (C=O) groups is 1. The van der Waals surface area contributed by atoms with Gasteiger partial charge in [0.1, 0.15) is 5.76 Å². The van der Waals surface area contributed by atoms with Gasteiger partial charge in [0.15, 0.2) is 0 Å². The molecule has 0 radical (unpaired) electrons. The molecule has 5 heteroatoms. The van der Waals surface area contributed by atoms with Gasteiger partial charge in [-0.15, -0.1) is 11.3 Å². The van der Waals surface area contributed by atoms with Crippen molar-refractivity contribution in [2.45, 2.75) is 20.0 Å². The summed E-state index contributed by atoms with van der Waals surface area (Å²) in [7, 11) is 0. The van der Waals surface area contributed by atoms with E-state index in [9.17, 15) is 4.79 Å². The van der Waals surface area contributed by atoms with Gasteiger partial charge < -0.3 is 9.52 Å². The van der Waals surface area contributed by atoms with Crippen molar-refractivity contribution in [3.05, 3.63) is 52.1 Å². The molecule has 4 nitrogen and oxygen atoms in total. The molecule has 0 aliphatic rings. The summed E-state index contributed by atoms with van der Waals surface area (Å²) in [6.07, 6.45) is 4.50. The number of aliphatic carboxylic acids is 1. The van der Waals surface area contributed by atoms with Crippen LogP contribution in [0.3, 0.4) is 0 Å². The van der Waals surface area contributed by atoms with Crippen LogP contribution in [0.5, 0.6) is 0 Å². The molecule has 0 aliphatic heterocycles. The van der Waals surface area contributed by atoms with E-state index in [1.165, 1.54) is 6.08 Å². The molecule has 106 valence electrons. The quantitative estimate of drug-likeness (QED) is 0.794. The summed E-state index contributed by atoms with van der Waals surface area (Å²) >= 11 is 1.64. The number of furan rings is 1. The van der Waals surface area contributed by atoms with Gasteiger partial charge in [-0.3, -0.25) is 4.90 Å². The molecule has 0 aromatic carbocycles. The van der Waals surface area contributed by atoms with Gasteiger partial charge in [-0.2, -0.15) is 0 Å². The third-order valence-electron chi connectivity index (χ3n) is 2.96. The van der Waals surface area contributed by atoms with Gasteiger partial charge in [-0.1, -0.05) is 6.92 Å². The molecule has 0 bridgehead atoms. The van der Waals surface area contributed by atoms with Crippen molar-refractivity contribution in [1.82, 2.24) is 4.90 Å². The fourth-order valence-electron chi connectivity index (χ4n) is 1.89. The topological polar surface area (TPSA) is 53.7 Å². The Morgan fingerprint density at radius 3 is 2.95 bits per heavy atom. The highest BCUT2D eigenvalue weighted by molar-refractivity contribution is 7.10. The number of hydrogen-bond donors (Lipinski definition) is 1. The van der Waals surface area contributed by atoms with Crippen LogP contribution in [-0.4, -0.2) is 22.5 Å². The minimum atomic E-state index is -0.926. The van der Waals surface area contributed by atoms with Crippen molar-refractivity contribution in [2.24, 2.45) is 0 Å². The van der Waals surface area contributed by atoms with Crippen molar-refractivity contribution in [2.75, 3.05) is 6.54 Å². The number of thiophene rings is 1. The van der Waals surface area contributed by atoms with Crippen molar-refractivity contribution in [1.29, 1.82) is 0 Å². The summed E-state index contributed by atoms with van der Waals surface area (Å²) in [6.45, 7) is 4.54. The van der Waals surface area contributed by atoms with Crippen molar-refractivity contribution < 1.29 is 14.3 Å². The van der Waals surface area contributed by atoms with Gasteiger partial charge in [0, 0.05) is 17.5 Å². The molecule has 0 amide bonds. The van der Waals surface area contributed by atoms with E-state index in [4.69, 9.17) is 9.52 Å². The Bertz CT molecular complexity index is 572. The van der Waals surface area contributed by atoms with Gasteiger partial charge in [0.25, 0.3) is 0 Å². The summed E-state index contributed by atoms with van der Waals surface area (Å²) in [5, 5.41) is 10.7. The first-order valence-electron chi connectivity index (χ1n) is 6.41. The molecule has 20 heavy (non-hydrogen) atoms. The molecule has 2 heterocycles. The van der Waals surface area contributed by atoms with Gasteiger partial charge in [-0.25, -0.2) is 4.79 Å². The third kappa shape index (κ3) is 4.08. The fraction of sp³-hybridized carbons (Fsp3) is 0.267. The number of nitrogens with zero attached hydrogens (tertiary/aromatic N) is 1. The fourth-order valence-corrected chi connectivity index (χ4v) is 2.80. The second-order valence-corrected chi connectivity index (χ2v) is 5.35. The highest BCUT2D eigenvalue weighted by Crippen LogP contribution is 2.21. The Morgan fingerprint density at radius 2 is 2.30 bits per heavy atom. The van der Waals surface area contributed by atoms with Crippen LogP contribution in [0.15, 0.2) is 40.3 Å². The zero-order valence-electron chi connectivity index (χ0n) is 11.3. The Kier molecular flexibility index (Phi) is 5.15. The molecule has 1 N–H and O–H groups in total. The molecule has 0 atom stereocenters. The van der Waals surface area contributed by atoms with Crippen LogP contribution in [-0.2, 0) is 17.9 Å². The van der Waals surface area contributed by atoms with Crippen molar-refractivity contribution in [3.8, 4) is 0 Å². The minimum absolute atomic E-state index is 0.753. The zero-order valence-corrected chi connectivity index (χ0v) is 12.1. The lowest BCUT2D eigenvalue weighted by molar-refractivity contribution is -0.131. The van der Waals surface area contributed by atoms with E-state index in [2.05, 4.69) is 11.8 Å². The van der Waals surface area contributed by atoms with Gasteiger partial charge in [-0.05, 0) is 41.8 Å². The van der Waals surface area contributed by atoms with Gasteiger partial charge in [0.05, 0.1) is 12.8 Å². The average Bonchev–Trinajstić information content (AvgIpc) is 3.07. The molecule has 2 aromatic heterocycles. The van der Waals surface area contributed by atoms with Crippen LogP contribution < -0.4 is 0 Å². The largest absolute Gasteiger partial charge is 0.478 e. The molecule has 0 aliphatic carbocycles. The molecule has 0 saturated heterocycles. The van der Waals surface area contributed by atoms with Crippen LogP contribution in [0.1, 0.15) is 23.1 Å². The Balaban J connectivity index is 2.04. The minimum Gasteiger partial charge on any atom is -0.478 e. The summed E-state index contributed by atoms with van der Waals surface area (Å²) in [5.74, 6) is 0.0103. The van der Waals surface area contributed by atoms with E-state index >= 15 is 0 Å². The smallest absolute Gasteiger partial charge is 0.328 e. The molecular formula is C15H17NO3S. The second-order valence-electron chi connectivity index (χ2n) is 4.35. The standard InChI is InChI=1S/C15H17NO3S/c1-2-16(10-13-4-3-8-19-13)11-14-12(7-9-20-14)5-6-15(17)18/h3-9H,2,10-11H2,1H3,(H,17,18). The Labute approximate surface area is 122 Å². The predicted molar refractivity (Wildman–Crippen MR) is 79.5 cm³/mol. The third-order valence-corrected chi connectivity index (χ3v) is 3.88. The molecule has 0 unspecified atom stereocenters. The lowest BCUT2D eigenvalue weighted by Gasteiger charge is -2.18. The summed E-state index contributed by atoms with van der Waals surface area (Å²) in [4.78, 5) is 14.0.